The van der Waals surface area contributed by atoms with Crippen molar-refractivity contribution in [3.05, 3.63) is 36.2 Å². The zero-order chi connectivity index (χ0) is 17.5. The van der Waals surface area contributed by atoms with E-state index in [4.69, 9.17) is 5.73 Å². The lowest BCUT2D eigenvalue weighted by molar-refractivity contribution is 0.0889. The first kappa shape index (κ1) is 16.0. The number of nitrogens with zero attached hydrogens (tertiary/aromatic N) is 4. The summed E-state index contributed by atoms with van der Waals surface area (Å²) in [7, 11) is -3.45. The lowest BCUT2D eigenvalue weighted by Gasteiger charge is -2.07. The van der Waals surface area contributed by atoms with Crippen LogP contribution >= 0.6 is 0 Å². The monoisotopic (exact) mass is 348 g/mol. The molecule has 126 valence electrons. The summed E-state index contributed by atoms with van der Waals surface area (Å²) >= 11 is 0. The van der Waals surface area contributed by atoms with Crippen LogP contribution < -0.4 is 10.5 Å². The summed E-state index contributed by atoms with van der Waals surface area (Å²) < 4.78 is 27.4. The van der Waals surface area contributed by atoms with Crippen molar-refractivity contribution >= 4 is 38.3 Å². The molecule has 24 heavy (non-hydrogen) atoms. The third-order valence-electron chi connectivity index (χ3n) is 3.44. The highest BCUT2D eigenvalue weighted by Crippen LogP contribution is 2.24. The number of rotatable bonds is 4. The molecule has 0 aliphatic rings. The quantitative estimate of drug-likeness (QED) is 0.673. The number of hydrogen-bond acceptors (Lipinski definition) is 6. The van der Waals surface area contributed by atoms with Gasteiger partial charge in [0.15, 0.2) is 5.82 Å². The number of anilines is 2. The zero-order valence-corrected chi connectivity index (χ0v) is 13.9. The van der Waals surface area contributed by atoms with Crippen LogP contribution in [0.2, 0.25) is 0 Å². The highest BCUT2D eigenvalue weighted by atomic mass is 32.2. The summed E-state index contributed by atoms with van der Waals surface area (Å²) in [5, 5.41) is 8.24. The van der Waals surface area contributed by atoms with E-state index in [9.17, 15) is 13.2 Å². The minimum Gasteiger partial charge on any atom is -0.398 e. The number of aromatic nitrogens is 4. The van der Waals surface area contributed by atoms with Crippen molar-refractivity contribution in [2.45, 2.75) is 13.5 Å². The number of benzene rings is 1. The van der Waals surface area contributed by atoms with Gasteiger partial charge in [0, 0.05) is 16.8 Å². The largest absolute Gasteiger partial charge is 0.398 e. The molecule has 0 saturated carbocycles. The van der Waals surface area contributed by atoms with Gasteiger partial charge in [-0.2, -0.15) is 0 Å². The molecule has 0 fully saturated rings. The highest BCUT2D eigenvalue weighted by Gasteiger charge is 2.15. The van der Waals surface area contributed by atoms with E-state index in [1.54, 1.807) is 16.7 Å². The first-order chi connectivity index (χ1) is 11.2. The summed E-state index contributed by atoms with van der Waals surface area (Å²) in [6, 6.07) is 7.22. The van der Waals surface area contributed by atoms with E-state index in [1.807, 2.05) is 19.1 Å². The van der Waals surface area contributed by atoms with Crippen molar-refractivity contribution in [2.24, 2.45) is 0 Å². The SMILES string of the molecule is Cc1cc2c(N)cccc2n1C(=O)Cn1cc(NS(C)(=O)=O)nn1. The molecule has 0 aliphatic heterocycles. The molecule has 0 spiro atoms. The Morgan fingerprint density at radius 3 is 2.83 bits per heavy atom. The van der Waals surface area contributed by atoms with Gasteiger partial charge in [-0.25, -0.2) is 13.1 Å². The van der Waals surface area contributed by atoms with Gasteiger partial charge < -0.3 is 5.73 Å². The standard InChI is InChI=1S/C14H16N6O3S/c1-9-6-10-11(15)4-3-5-12(10)20(9)14(21)8-19-7-13(16-18-19)17-24(2,22)23/h3-7,17H,8,15H2,1-2H3. The van der Waals surface area contributed by atoms with E-state index in [2.05, 4.69) is 15.0 Å². The number of carbonyl (C=O) groups is 1. The van der Waals surface area contributed by atoms with Crippen molar-refractivity contribution in [2.75, 3.05) is 16.7 Å². The van der Waals surface area contributed by atoms with Gasteiger partial charge in [-0.1, -0.05) is 11.3 Å². The Morgan fingerprint density at radius 2 is 2.12 bits per heavy atom. The number of nitrogen functional groups attached to an aromatic ring is 1. The molecule has 0 saturated heterocycles. The predicted molar refractivity (Wildman–Crippen MR) is 90.2 cm³/mol. The van der Waals surface area contributed by atoms with E-state index in [0.29, 0.717) is 11.2 Å². The van der Waals surface area contributed by atoms with Gasteiger partial charge in [-0.05, 0) is 25.1 Å². The van der Waals surface area contributed by atoms with Crippen LogP contribution in [0.4, 0.5) is 11.5 Å². The van der Waals surface area contributed by atoms with E-state index >= 15 is 0 Å². The average Bonchev–Trinajstić information content (AvgIpc) is 3.01. The first-order valence-electron chi connectivity index (χ1n) is 7.02. The number of aryl methyl sites for hydroxylation is 1. The predicted octanol–water partition coefficient (Wildman–Crippen LogP) is 0.835. The molecule has 0 amide bonds. The van der Waals surface area contributed by atoms with Gasteiger partial charge >= 0.3 is 0 Å². The number of fused-ring (bicyclic) bond motifs is 1. The van der Waals surface area contributed by atoms with Crippen LogP contribution in [0.5, 0.6) is 0 Å². The van der Waals surface area contributed by atoms with E-state index in [-0.39, 0.29) is 18.3 Å². The summed E-state index contributed by atoms with van der Waals surface area (Å²) in [6.07, 6.45) is 2.37. The van der Waals surface area contributed by atoms with E-state index < -0.39 is 10.0 Å². The molecule has 3 aromatic rings. The molecule has 0 radical (unpaired) electrons. The van der Waals surface area contributed by atoms with Gasteiger partial charge in [0.05, 0.1) is 18.0 Å². The second-order valence-corrected chi connectivity index (χ2v) is 7.22. The maximum atomic E-state index is 12.6. The van der Waals surface area contributed by atoms with Crippen molar-refractivity contribution in [3.8, 4) is 0 Å². The molecule has 3 N–H and O–H groups in total. The van der Waals surface area contributed by atoms with Crippen molar-refractivity contribution in [1.82, 2.24) is 19.6 Å². The molecule has 2 aromatic heterocycles. The fourth-order valence-corrected chi connectivity index (χ4v) is 3.01. The van der Waals surface area contributed by atoms with Crippen molar-refractivity contribution < 1.29 is 13.2 Å². The fraction of sp³-hybridized carbons (Fsp3) is 0.214. The molecule has 9 nitrogen and oxygen atoms in total. The number of nitrogens with two attached hydrogens (primary N) is 1. The number of nitrogens with one attached hydrogen (secondary N) is 1. The van der Waals surface area contributed by atoms with Crippen LogP contribution in [0, 0.1) is 6.92 Å². The molecule has 10 heteroatoms. The average molecular weight is 348 g/mol. The minimum atomic E-state index is -3.45. The fourth-order valence-electron chi connectivity index (χ4n) is 2.54. The Hall–Kier alpha value is -2.88. The second-order valence-electron chi connectivity index (χ2n) is 5.47. The van der Waals surface area contributed by atoms with Crippen molar-refractivity contribution in [1.29, 1.82) is 0 Å². The Morgan fingerprint density at radius 1 is 1.38 bits per heavy atom. The number of carbonyl (C=O) groups excluding carboxylic acids is 1. The van der Waals surface area contributed by atoms with Gasteiger partial charge in [0.2, 0.25) is 10.0 Å². The summed E-state index contributed by atoms with van der Waals surface area (Å²) in [6.45, 7) is 1.73. The van der Waals surface area contributed by atoms with E-state index in [0.717, 1.165) is 17.3 Å². The molecule has 0 aliphatic carbocycles. The lowest BCUT2D eigenvalue weighted by Crippen LogP contribution is -2.19. The smallest absolute Gasteiger partial charge is 0.253 e. The number of hydrogen-bond donors (Lipinski definition) is 2. The van der Waals surface area contributed by atoms with Gasteiger partial charge in [0.25, 0.3) is 5.91 Å². The van der Waals surface area contributed by atoms with Crippen LogP contribution in [0.1, 0.15) is 10.5 Å². The Balaban J connectivity index is 1.88. The first-order valence-corrected chi connectivity index (χ1v) is 8.91. The van der Waals surface area contributed by atoms with Crippen LogP contribution in [-0.4, -0.2) is 40.1 Å². The third kappa shape index (κ3) is 3.08. The molecule has 3 rings (SSSR count). The molecule has 0 atom stereocenters. The number of sulfonamides is 1. The van der Waals surface area contributed by atoms with E-state index in [1.165, 1.54) is 10.9 Å². The van der Waals surface area contributed by atoms with Gasteiger partial charge in [-0.3, -0.25) is 14.1 Å². The summed E-state index contributed by atoms with van der Waals surface area (Å²) in [5.74, 6) is -0.174. The Labute approximate surface area is 138 Å². The van der Waals surface area contributed by atoms with Crippen molar-refractivity contribution in [3.63, 3.8) is 0 Å². The normalized spacial score (nSPS) is 11.8. The Bertz CT molecular complexity index is 1030. The zero-order valence-electron chi connectivity index (χ0n) is 13.1. The third-order valence-corrected chi connectivity index (χ3v) is 4.02. The lowest BCUT2D eigenvalue weighted by atomic mass is 10.2. The second kappa shape index (κ2) is 5.64. The molecular weight excluding hydrogens is 332 g/mol. The van der Waals surface area contributed by atoms with Crippen LogP contribution in [0.25, 0.3) is 10.9 Å². The maximum Gasteiger partial charge on any atom is 0.253 e. The van der Waals surface area contributed by atoms with Gasteiger partial charge in [0.1, 0.15) is 6.54 Å². The molecule has 0 unspecified atom stereocenters. The maximum absolute atomic E-state index is 12.6. The summed E-state index contributed by atoms with van der Waals surface area (Å²) in [5.41, 5.74) is 8.00. The summed E-state index contributed by atoms with van der Waals surface area (Å²) in [4.78, 5) is 12.6. The molecule has 2 heterocycles. The topological polar surface area (TPSA) is 125 Å². The van der Waals surface area contributed by atoms with Gasteiger partial charge in [-0.15, -0.1) is 5.10 Å². The minimum absolute atomic E-state index is 0.0589. The van der Waals surface area contributed by atoms with Crippen LogP contribution in [-0.2, 0) is 16.6 Å². The molecule has 0 bridgehead atoms. The van der Waals surface area contributed by atoms with Crippen LogP contribution in [0.15, 0.2) is 30.5 Å². The molecule has 1 aromatic carbocycles. The van der Waals surface area contributed by atoms with Crippen LogP contribution in [0.3, 0.4) is 0 Å². The molecular formula is C14H16N6O3S. The highest BCUT2D eigenvalue weighted by molar-refractivity contribution is 7.92. The Kier molecular flexibility index (Phi) is 3.76.